The van der Waals surface area contributed by atoms with E-state index in [0.29, 0.717) is 63.1 Å². The Hall–Kier alpha value is -3.57. The number of hydrogen-bond donors (Lipinski definition) is 2. The number of amides is 4. The van der Waals surface area contributed by atoms with Gasteiger partial charge >= 0.3 is 18.2 Å². The molecule has 12 heteroatoms. The normalized spacial score (nSPS) is 29.6. The number of likely N-dealkylation sites (tertiary alicyclic amines) is 3. The van der Waals surface area contributed by atoms with Crippen LogP contribution in [0, 0.1) is 5.92 Å². The minimum atomic E-state index is -1.26. The molecule has 0 aromatic heterocycles. The maximum atomic E-state index is 13.3. The number of carbonyl (C=O) groups excluding carboxylic acids is 3. The number of carboxylic acids is 1. The monoisotopic (exact) mass is 488 g/mol. The lowest BCUT2D eigenvalue weighted by atomic mass is 9.78. The highest BCUT2D eigenvalue weighted by molar-refractivity contribution is 6.04. The van der Waals surface area contributed by atoms with Crippen LogP contribution in [0.5, 0.6) is 0 Å². The number of carboxylic acid groups (broad SMARTS) is 2. The fourth-order valence-corrected chi connectivity index (χ4v) is 6.21. The van der Waals surface area contributed by atoms with E-state index in [1.165, 1.54) is 4.90 Å². The number of piperidine rings is 2. The van der Waals surface area contributed by atoms with Crippen LogP contribution in [0.15, 0.2) is 22.9 Å². The summed E-state index contributed by atoms with van der Waals surface area (Å²) in [5.74, 6) is -2.26. The van der Waals surface area contributed by atoms with Crippen molar-refractivity contribution in [1.29, 1.82) is 0 Å². The van der Waals surface area contributed by atoms with Gasteiger partial charge in [0.05, 0.1) is 12.6 Å². The van der Waals surface area contributed by atoms with Crippen molar-refractivity contribution in [3.05, 3.63) is 22.9 Å². The van der Waals surface area contributed by atoms with Gasteiger partial charge in [0.1, 0.15) is 11.7 Å². The number of hydrogen-bond acceptors (Lipinski definition) is 6. The van der Waals surface area contributed by atoms with Gasteiger partial charge in [-0.15, -0.1) is 0 Å². The van der Waals surface area contributed by atoms with Crippen molar-refractivity contribution < 1.29 is 38.9 Å². The molecule has 5 aliphatic rings. The van der Waals surface area contributed by atoms with E-state index < -0.39 is 30.1 Å². The smallest absolute Gasteiger partial charge is 0.409 e. The molecule has 0 saturated carbocycles. The summed E-state index contributed by atoms with van der Waals surface area (Å²) in [6.07, 6.45) is 2.21. The molecule has 0 radical (unpaired) electrons. The largest absolute Gasteiger partial charge is 0.477 e. The molecular weight excluding hydrogens is 460 g/mol. The predicted octanol–water partition coefficient (Wildman–Crippen LogP) is 0.698. The molecule has 4 fully saturated rings. The van der Waals surface area contributed by atoms with Crippen LogP contribution < -0.4 is 0 Å². The molecule has 5 rings (SSSR count). The molecule has 12 nitrogen and oxygen atoms in total. The number of aliphatic carboxylic acids is 1. The molecule has 1 unspecified atom stereocenters. The van der Waals surface area contributed by atoms with Gasteiger partial charge in [-0.05, 0) is 44.3 Å². The van der Waals surface area contributed by atoms with Crippen molar-refractivity contribution in [2.75, 3.05) is 32.8 Å². The first-order valence-electron chi connectivity index (χ1n) is 12.0. The summed E-state index contributed by atoms with van der Waals surface area (Å²) in [4.78, 5) is 67.3. The highest BCUT2D eigenvalue weighted by Crippen LogP contribution is 2.49. The average molecular weight is 488 g/mol. The van der Waals surface area contributed by atoms with Gasteiger partial charge in [-0.3, -0.25) is 19.4 Å². The molecule has 5 aliphatic heterocycles. The first-order chi connectivity index (χ1) is 16.7. The molecule has 35 heavy (non-hydrogen) atoms. The standard InChI is InChI=1S/C23H28N4O8/c1-2-35-23(34)24-7-4-13(5-8-24)25-9-3-12(19(25)28)11-15-14-6-10-26(22(32)33)18-16(14)27(20(18)29)17(15)21(30)31/h11,13-14,16,18H,2-10H2,1H3,(H,30,31)(H,32,33)/b12-11+/t14?,16-,18+/m1/s1. The van der Waals surface area contributed by atoms with Crippen molar-refractivity contribution in [3.8, 4) is 0 Å². The second kappa shape index (κ2) is 8.58. The lowest BCUT2D eigenvalue weighted by Gasteiger charge is -2.52. The molecule has 0 aliphatic carbocycles. The van der Waals surface area contributed by atoms with Gasteiger partial charge in [0.15, 0.2) is 0 Å². The minimum Gasteiger partial charge on any atom is -0.477 e. The summed E-state index contributed by atoms with van der Waals surface area (Å²) < 4.78 is 5.05. The maximum Gasteiger partial charge on any atom is 0.409 e. The molecule has 188 valence electrons. The molecule has 3 atom stereocenters. The van der Waals surface area contributed by atoms with Crippen LogP contribution >= 0.6 is 0 Å². The Morgan fingerprint density at radius 3 is 2.40 bits per heavy atom. The van der Waals surface area contributed by atoms with Crippen LogP contribution in [0.25, 0.3) is 0 Å². The Labute approximate surface area is 201 Å². The van der Waals surface area contributed by atoms with Gasteiger partial charge in [-0.2, -0.15) is 0 Å². The van der Waals surface area contributed by atoms with E-state index in [4.69, 9.17) is 4.74 Å². The van der Waals surface area contributed by atoms with Gasteiger partial charge in [-0.1, -0.05) is 0 Å². The lowest BCUT2D eigenvalue weighted by molar-refractivity contribution is -0.161. The van der Waals surface area contributed by atoms with Crippen LogP contribution in [0.4, 0.5) is 9.59 Å². The van der Waals surface area contributed by atoms with E-state index in [0.717, 1.165) is 4.90 Å². The zero-order valence-electron chi connectivity index (χ0n) is 19.4. The summed E-state index contributed by atoms with van der Waals surface area (Å²) in [5, 5.41) is 19.3. The topological polar surface area (TPSA) is 148 Å². The highest BCUT2D eigenvalue weighted by atomic mass is 16.6. The first-order valence-corrected chi connectivity index (χ1v) is 12.0. The van der Waals surface area contributed by atoms with Crippen LogP contribution in [-0.4, -0.2) is 111 Å². The number of nitrogens with zero attached hydrogens (tertiary/aromatic N) is 4. The zero-order chi connectivity index (χ0) is 25.0. The number of ether oxygens (including phenoxy) is 1. The molecule has 0 bridgehead atoms. The summed E-state index contributed by atoms with van der Waals surface area (Å²) in [6, 6.07) is -1.43. The number of β-lactam (4-membered cyclic amide) rings is 1. The Morgan fingerprint density at radius 1 is 1.06 bits per heavy atom. The van der Waals surface area contributed by atoms with Crippen molar-refractivity contribution in [1.82, 2.24) is 19.6 Å². The van der Waals surface area contributed by atoms with Crippen molar-refractivity contribution in [3.63, 3.8) is 0 Å². The summed E-state index contributed by atoms with van der Waals surface area (Å²) in [6.45, 7) is 3.72. The van der Waals surface area contributed by atoms with E-state index in [1.807, 2.05) is 0 Å². The van der Waals surface area contributed by atoms with Gasteiger partial charge in [0.2, 0.25) is 5.91 Å². The third kappa shape index (κ3) is 3.53. The zero-order valence-corrected chi connectivity index (χ0v) is 19.4. The minimum absolute atomic E-state index is 0.0136. The molecule has 0 aromatic rings. The Morgan fingerprint density at radius 2 is 1.77 bits per heavy atom. The third-order valence-corrected chi connectivity index (χ3v) is 7.82. The maximum absolute atomic E-state index is 13.3. The van der Waals surface area contributed by atoms with E-state index in [1.54, 1.807) is 22.8 Å². The third-order valence-electron chi connectivity index (χ3n) is 7.82. The fourth-order valence-electron chi connectivity index (χ4n) is 6.21. The summed E-state index contributed by atoms with van der Waals surface area (Å²) in [7, 11) is 0. The molecule has 4 saturated heterocycles. The van der Waals surface area contributed by atoms with Gasteiger partial charge in [-0.25, -0.2) is 14.4 Å². The lowest BCUT2D eigenvalue weighted by Crippen LogP contribution is -2.73. The van der Waals surface area contributed by atoms with E-state index in [9.17, 15) is 34.2 Å². The van der Waals surface area contributed by atoms with Crippen molar-refractivity contribution >= 4 is 30.0 Å². The highest BCUT2D eigenvalue weighted by Gasteiger charge is 2.64. The molecule has 2 N–H and O–H groups in total. The van der Waals surface area contributed by atoms with E-state index >= 15 is 0 Å². The van der Waals surface area contributed by atoms with Gasteiger partial charge < -0.3 is 24.7 Å². The number of allylic oxidation sites excluding steroid dienone is 1. The second-order valence-corrected chi connectivity index (χ2v) is 9.46. The van der Waals surface area contributed by atoms with Crippen LogP contribution in [0.3, 0.4) is 0 Å². The summed E-state index contributed by atoms with van der Waals surface area (Å²) in [5.41, 5.74) is 0.791. The SMILES string of the molecule is CCOC(=O)N1CCC(N2CC/C(=C\C3=C(C(=O)O)N4C(=O)[C@@H]5[C@H]4C3CCN5C(=O)O)C2=O)CC1. The van der Waals surface area contributed by atoms with Crippen molar-refractivity contribution in [2.24, 2.45) is 5.92 Å². The van der Waals surface area contributed by atoms with Crippen LogP contribution in [-0.2, 0) is 19.1 Å². The van der Waals surface area contributed by atoms with Crippen LogP contribution in [0.1, 0.15) is 32.6 Å². The predicted molar refractivity (Wildman–Crippen MR) is 118 cm³/mol. The Balaban J connectivity index is 1.33. The Bertz CT molecular complexity index is 1060. The first kappa shape index (κ1) is 23.2. The molecule has 5 heterocycles. The fraction of sp³-hybridized carbons (Fsp3) is 0.609. The van der Waals surface area contributed by atoms with E-state index in [-0.39, 0.29) is 36.2 Å². The number of rotatable bonds is 4. The van der Waals surface area contributed by atoms with Crippen molar-refractivity contribution in [2.45, 2.75) is 50.7 Å². The quantitative estimate of drug-likeness (QED) is 0.434. The van der Waals surface area contributed by atoms with E-state index in [2.05, 4.69) is 0 Å². The number of carbonyl (C=O) groups is 5. The second-order valence-electron chi connectivity index (χ2n) is 9.46. The van der Waals surface area contributed by atoms with Gasteiger partial charge in [0, 0.05) is 43.7 Å². The average Bonchev–Trinajstić information content (AvgIpc) is 3.35. The van der Waals surface area contributed by atoms with Crippen LogP contribution in [0.2, 0.25) is 0 Å². The van der Waals surface area contributed by atoms with Gasteiger partial charge in [0.25, 0.3) is 5.91 Å². The molecule has 0 aromatic carbocycles. The molecule has 4 amide bonds. The summed E-state index contributed by atoms with van der Waals surface area (Å²) >= 11 is 0. The molecule has 0 spiro atoms. The Kier molecular flexibility index (Phi) is 5.68. The molecular formula is C23H28N4O8.